The van der Waals surface area contributed by atoms with Crippen LogP contribution < -0.4 is 0 Å². The number of piperidine rings is 2. The molecule has 0 spiro atoms. The second-order valence-electron chi connectivity index (χ2n) is 12.5. The van der Waals surface area contributed by atoms with E-state index >= 15 is 0 Å². The van der Waals surface area contributed by atoms with Gasteiger partial charge in [0.1, 0.15) is 0 Å². The van der Waals surface area contributed by atoms with Crippen molar-refractivity contribution in [1.29, 1.82) is 0 Å². The Morgan fingerprint density at radius 3 is 1.17 bits per heavy atom. The molecule has 3 heterocycles. The van der Waals surface area contributed by atoms with Crippen LogP contribution in [0.4, 0.5) is 0 Å². The van der Waals surface area contributed by atoms with E-state index in [2.05, 4.69) is 88.6 Å². The molecular weight excluding hydrogens is 395 g/mol. The van der Waals surface area contributed by atoms with Crippen LogP contribution in [0.5, 0.6) is 0 Å². The first-order valence-electron chi connectivity index (χ1n) is 11.7. The van der Waals surface area contributed by atoms with E-state index in [9.17, 15) is 4.57 Å². The topological polar surface area (TPSA) is 39.3 Å². The normalized spacial score (nSPS) is 33.2. The molecule has 0 saturated carbocycles. The van der Waals surface area contributed by atoms with E-state index in [1.54, 1.807) is 7.11 Å². The second-order valence-corrected chi connectivity index (χ2v) is 14.9. The monoisotopic (exact) mass is 442 g/mol. The van der Waals surface area contributed by atoms with Crippen LogP contribution in [-0.4, -0.2) is 87.7 Å². The summed E-state index contributed by atoms with van der Waals surface area (Å²) in [4.78, 5) is 4.98. The molecule has 0 radical (unpaired) electrons. The van der Waals surface area contributed by atoms with Crippen molar-refractivity contribution in [2.45, 2.75) is 115 Å². The minimum absolute atomic E-state index is 0.0654. The van der Waals surface area contributed by atoms with E-state index in [1.165, 1.54) is 0 Å². The van der Waals surface area contributed by atoms with Crippen molar-refractivity contribution < 1.29 is 9.09 Å². The van der Waals surface area contributed by atoms with Gasteiger partial charge in [0.15, 0.2) is 0 Å². The van der Waals surface area contributed by atoms with Gasteiger partial charge in [0.25, 0.3) is 0 Å². The second kappa shape index (κ2) is 7.53. The van der Waals surface area contributed by atoms with Crippen LogP contribution in [0.25, 0.3) is 0 Å². The summed E-state index contributed by atoms with van der Waals surface area (Å²) in [7, 11) is 3.07. The minimum Gasteiger partial charge on any atom is -0.309 e. The Balaban J connectivity index is 1.89. The number of hydrogen-bond acceptors (Lipinski definition) is 4. The van der Waals surface area contributed by atoms with Gasteiger partial charge in [-0.25, -0.2) is 9.34 Å². The standard InChI is InChI=1S/C23H47N4O2P/c1-20(2)14-18(15-21(3,4)24(20)9)26-12-13-27(30(26,28)29-11)19-16-22(5,6)25(10)23(7,8)17-19/h18-19H,12-17H2,1-11H3. The zero-order chi connectivity index (χ0) is 22.9. The molecule has 0 unspecified atom stereocenters. The first-order chi connectivity index (χ1) is 13.5. The van der Waals surface area contributed by atoms with Gasteiger partial charge in [0.2, 0.25) is 0 Å². The number of nitrogens with zero attached hydrogens (tertiary/aromatic N) is 4. The largest absolute Gasteiger partial charge is 0.346 e. The fourth-order valence-electron chi connectivity index (χ4n) is 6.65. The maximum Gasteiger partial charge on any atom is 0.346 e. The molecule has 0 aromatic carbocycles. The summed E-state index contributed by atoms with van der Waals surface area (Å²) in [6.07, 6.45) is 4.05. The lowest BCUT2D eigenvalue weighted by Crippen LogP contribution is -2.62. The molecule has 0 atom stereocenters. The number of rotatable bonds is 3. The molecule has 0 aromatic rings. The van der Waals surface area contributed by atoms with Crippen LogP contribution in [0.3, 0.4) is 0 Å². The van der Waals surface area contributed by atoms with Gasteiger partial charge >= 0.3 is 7.67 Å². The molecule has 6 nitrogen and oxygen atoms in total. The molecule has 3 fully saturated rings. The lowest BCUT2D eigenvalue weighted by Gasteiger charge is -2.56. The molecule has 7 heteroatoms. The molecule has 0 N–H and O–H groups in total. The van der Waals surface area contributed by atoms with Crippen molar-refractivity contribution in [1.82, 2.24) is 19.1 Å². The maximum absolute atomic E-state index is 14.5. The summed E-state index contributed by atoms with van der Waals surface area (Å²) >= 11 is 0. The summed E-state index contributed by atoms with van der Waals surface area (Å²) < 4.78 is 24.9. The van der Waals surface area contributed by atoms with Gasteiger partial charge in [-0.1, -0.05) is 0 Å². The van der Waals surface area contributed by atoms with Gasteiger partial charge in [0.05, 0.1) is 0 Å². The van der Waals surface area contributed by atoms with Gasteiger partial charge in [-0.15, -0.1) is 0 Å². The van der Waals surface area contributed by atoms with E-state index < -0.39 is 7.67 Å². The summed E-state index contributed by atoms with van der Waals surface area (Å²) in [5, 5.41) is 0. The molecule has 0 bridgehead atoms. The highest BCUT2D eigenvalue weighted by molar-refractivity contribution is 7.54. The summed E-state index contributed by atoms with van der Waals surface area (Å²) in [6, 6.07) is 0.545. The smallest absolute Gasteiger partial charge is 0.309 e. The van der Waals surface area contributed by atoms with Crippen molar-refractivity contribution in [3.8, 4) is 0 Å². The molecule has 3 saturated heterocycles. The van der Waals surface area contributed by atoms with Crippen molar-refractivity contribution in [2.75, 3.05) is 34.3 Å². The summed E-state index contributed by atoms with van der Waals surface area (Å²) in [5.41, 5.74) is 0.262. The predicted molar refractivity (Wildman–Crippen MR) is 126 cm³/mol. The average molecular weight is 443 g/mol. The quantitative estimate of drug-likeness (QED) is 0.592. The third-order valence-corrected chi connectivity index (χ3v) is 11.7. The Kier molecular flexibility index (Phi) is 6.19. The van der Waals surface area contributed by atoms with Crippen LogP contribution >= 0.6 is 7.67 Å². The van der Waals surface area contributed by atoms with Crippen molar-refractivity contribution in [3.05, 3.63) is 0 Å². The Hall–Kier alpha value is 0.0300. The summed E-state index contributed by atoms with van der Waals surface area (Å²) in [5.74, 6) is 0. The fourth-order valence-corrected chi connectivity index (χ4v) is 9.20. The van der Waals surface area contributed by atoms with E-state index in [4.69, 9.17) is 4.52 Å². The molecule has 0 aliphatic carbocycles. The fraction of sp³-hybridized carbons (Fsp3) is 1.00. The predicted octanol–water partition coefficient (Wildman–Crippen LogP) is 4.66. The number of hydrogen-bond donors (Lipinski definition) is 0. The van der Waals surface area contributed by atoms with Gasteiger partial charge in [0, 0.05) is 54.4 Å². The Morgan fingerprint density at radius 1 is 0.667 bits per heavy atom. The van der Waals surface area contributed by atoms with Crippen LogP contribution in [0.15, 0.2) is 0 Å². The lowest BCUT2D eigenvalue weighted by atomic mass is 9.77. The van der Waals surface area contributed by atoms with E-state index in [0.717, 1.165) is 38.8 Å². The minimum atomic E-state index is -3.04. The van der Waals surface area contributed by atoms with Gasteiger partial charge in [-0.2, -0.15) is 0 Å². The Bertz CT molecular complexity index is 615. The van der Waals surface area contributed by atoms with E-state index in [1.807, 2.05) is 0 Å². The van der Waals surface area contributed by atoms with Gasteiger partial charge < -0.3 is 4.52 Å². The molecule has 0 amide bonds. The van der Waals surface area contributed by atoms with Crippen LogP contribution in [-0.2, 0) is 9.09 Å². The SMILES string of the molecule is COP1(=O)N(C2CC(C)(C)N(C)C(C)(C)C2)CCN1C1CC(C)(C)N(C)C(C)(C)C1. The van der Waals surface area contributed by atoms with Crippen LogP contribution in [0.2, 0.25) is 0 Å². The first-order valence-corrected chi connectivity index (χ1v) is 13.2. The number of likely N-dealkylation sites (tertiary alicyclic amines) is 2. The lowest BCUT2D eigenvalue weighted by molar-refractivity contribution is -0.0347. The Morgan fingerprint density at radius 2 is 0.933 bits per heavy atom. The zero-order valence-corrected chi connectivity index (χ0v) is 22.3. The molecule has 3 rings (SSSR count). The molecule has 176 valence electrons. The van der Waals surface area contributed by atoms with E-state index in [0.29, 0.717) is 0 Å². The van der Waals surface area contributed by atoms with Gasteiger partial charge in [-0.3, -0.25) is 14.4 Å². The molecule has 3 aliphatic heterocycles. The summed E-state index contributed by atoms with van der Waals surface area (Å²) in [6.45, 7) is 20.2. The highest BCUT2D eigenvalue weighted by atomic mass is 31.2. The van der Waals surface area contributed by atoms with Crippen molar-refractivity contribution in [3.63, 3.8) is 0 Å². The van der Waals surface area contributed by atoms with Crippen LogP contribution in [0, 0.1) is 0 Å². The Labute approximate surface area is 185 Å². The maximum atomic E-state index is 14.5. The molecular formula is C23H47N4O2P. The zero-order valence-electron chi connectivity index (χ0n) is 21.4. The molecule has 0 aromatic heterocycles. The third kappa shape index (κ3) is 3.95. The van der Waals surface area contributed by atoms with Crippen molar-refractivity contribution in [2.24, 2.45) is 0 Å². The molecule has 30 heavy (non-hydrogen) atoms. The van der Waals surface area contributed by atoms with Gasteiger partial charge in [-0.05, 0) is 95.2 Å². The molecule has 3 aliphatic rings. The highest BCUT2D eigenvalue weighted by Gasteiger charge is 2.56. The van der Waals surface area contributed by atoms with Crippen LogP contribution in [0.1, 0.15) is 81.1 Å². The first kappa shape index (κ1) is 24.7. The average Bonchev–Trinajstić information content (AvgIpc) is 2.94. The van der Waals surface area contributed by atoms with Crippen molar-refractivity contribution >= 4 is 7.67 Å². The third-order valence-electron chi connectivity index (χ3n) is 8.86. The highest BCUT2D eigenvalue weighted by Crippen LogP contribution is 2.63. The van der Waals surface area contributed by atoms with E-state index in [-0.39, 0.29) is 34.2 Å².